The summed E-state index contributed by atoms with van der Waals surface area (Å²) < 4.78 is 36.1. The van der Waals surface area contributed by atoms with Crippen LogP contribution in [0.4, 0.5) is 18.9 Å². The number of fused-ring (bicyclic) bond motifs is 2. The van der Waals surface area contributed by atoms with Gasteiger partial charge in [-0.05, 0) is 180 Å². The lowest BCUT2D eigenvalue weighted by Gasteiger charge is -2.18. The largest absolute Gasteiger partial charge is 0.416 e. The number of alkyl halides is 3. The summed E-state index contributed by atoms with van der Waals surface area (Å²) in [6, 6.07) is 103. The smallest absolute Gasteiger partial charge is 0.258 e. The molecule has 0 spiro atoms. The maximum atomic E-state index is 12.0. The molecule has 0 fully saturated rings. The van der Waals surface area contributed by atoms with Crippen LogP contribution in [-0.2, 0) is 18.0 Å². The lowest BCUT2D eigenvalue weighted by atomic mass is 9.87. The van der Waals surface area contributed by atoms with Gasteiger partial charge in [-0.2, -0.15) is 13.2 Å². The first-order valence-electron chi connectivity index (χ1n) is 36.2. The molecular formula is C99H113ClF3NO2. The summed E-state index contributed by atoms with van der Waals surface area (Å²) in [5.41, 5.74) is 19.5. The molecule has 13 rings (SSSR count). The van der Waals surface area contributed by atoms with Crippen molar-refractivity contribution in [3.63, 3.8) is 0 Å². The first kappa shape index (κ1) is 89.8. The predicted molar refractivity (Wildman–Crippen MR) is 456 cm³/mol. The lowest BCUT2D eigenvalue weighted by Crippen LogP contribution is -2.10. The highest BCUT2D eigenvalue weighted by Crippen LogP contribution is 2.31. The second-order valence-corrected chi connectivity index (χ2v) is 27.9. The number of para-hydroxylation sites is 1. The fraction of sp³-hybridized carbons (Fsp3) is 0.232. The Morgan fingerprint density at radius 3 is 1.17 bits per heavy atom. The van der Waals surface area contributed by atoms with Crippen molar-refractivity contribution in [3.05, 3.63) is 425 Å². The highest BCUT2D eigenvalue weighted by atomic mass is 35.5. The van der Waals surface area contributed by atoms with Crippen LogP contribution in [0.15, 0.2) is 315 Å². The molecular weight excluding hydrogens is 1330 g/mol. The summed E-state index contributed by atoms with van der Waals surface area (Å²) in [7, 11) is 0. The van der Waals surface area contributed by atoms with Crippen LogP contribution in [0, 0.1) is 93.2 Å². The molecule has 0 aromatic heterocycles. The standard InChI is InChI=1S/2C11H10.C11H16.C10H14.C9H12.C9H10.C8H7F3.2C8H10.C7H7Cl.C7H7NO2/c1-9-5-4-7-10-6-2-3-8-11(9)10;1-9-6-7-10-4-2-3-5-11(10)8-9;1-9-5-7-10(8-6-9)11(2,3)4;1-8(2)10-6-4-9(3)5-7-10;1-3-9-6-4-8(2)5-7-9;1-2-6-9-7-4-3-5-8-9;1-6-4-2-3-5-7(6)8(9,10)11;2*1-7-3-5-8(2)6-4-7;1-6-4-2-3-5-7(6)8;1-6-4-2-3-5-7(6)8(9)10/h2*2-8H,1H3;5-8H,1-4H3;4-8H,1-3H3;4-7H,3H2,1-2H3;2-8H,1H3;2-5H,1H3;2*3-6H,1-2H3;2-5H,1H3;2-5H,1H3/b;;;;;6-2+;;;;;. The SMILES string of the molecule is C/C=C/c1ccccc1.CCc1ccc(C)cc1.Cc1ccc(C(C)(C)C)cc1.Cc1ccc(C(C)C)cc1.Cc1ccc(C)cc1.Cc1ccc(C)cc1.Cc1ccc2ccccc2c1.Cc1cccc2ccccc12.Cc1ccccc1C(F)(F)F.Cc1ccccc1Cl.Cc1ccccc1[N+](=O)[O-]. The number of benzene rings is 13. The molecule has 554 valence electrons. The summed E-state index contributed by atoms with van der Waals surface area (Å²) in [4.78, 5) is 9.85. The third-order valence-electron chi connectivity index (χ3n) is 16.5. The predicted octanol–water partition coefficient (Wildman–Crippen LogP) is 30.2. The summed E-state index contributed by atoms with van der Waals surface area (Å²) in [6.45, 7) is 39.5. The monoisotopic (exact) mass is 1440 g/mol. The van der Waals surface area contributed by atoms with E-state index in [0.29, 0.717) is 11.5 Å². The number of nitro benzene ring substituents is 1. The highest BCUT2D eigenvalue weighted by Gasteiger charge is 2.31. The van der Waals surface area contributed by atoms with E-state index >= 15 is 0 Å². The van der Waals surface area contributed by atoms with E-state index in [1.165, 1.54) is 119 Å². The van der Waals surface area contributed by atoms with Gasteiger partial charge in [-0.15, -0.1) is 0 Å². The molecule has 13 aromatic carbocycles. The van der Waals surface area contributed by atoms with Crippen LogP contribution in [0.1, 0.15) is 149 Å². The van der Waals surface area contributed by atoms with Gasteiger partial charge in [-0.25, -0.2) is 0 Å². The van der Waals surface area contributed by atoms with Gasteiger partial charge in [0.25, 0.3) is 5.69 Å². The van der Waals surface area contributed by atoms with Gasteiger partial charge in [-0.1, -0.05) is 401 Å². The van der Waals surface area contributed by atoms with E-state index in [1.807, 2.05) is 62.4 Å². The Hall–Kier alpha value is -10.4. The Kier molecular flexibility index (Phi) is 41.2. The van der Waals surface area contributed by atoms with E-state index in [0.717, 1.165) is 23.1 Å². The molecule has 0 saturated carbocycles. The summed E-state index contributed by atoms with van der Waals surface area (Å²) in [5, 5.41) is 16.4. The second kappa shape index (κ2) is 48.6. The van der Waals surface area contributed by atoms with Gasteiger partial charge < -0.3 is 0 Å². The average Bonchev–Trinajstić information content (AvgIpc) is 0.856. The van der Waals surface area contributed by atoms with Gasteiger partial charge >= 0.3 is 6.18 Å². The van der Waals surface area contributed by atoms with Crippen molar-refractivity contribution in [2.24, 2.45) is 0 Å². The topological polar surface area (TPSA) is 43.1 Å². The van der Waals surface area contributed by atoms with Crippen LogP contribution < -0.4 is 0 Å². The van der Waals surface area contributed by atoms with Crippen molar-refractivity contribution in [1.82, 2.24) is 0 Å². The average molecular weight is 1440 g/mol. The molecule has 0 aliphatic carbocycles. The third kappa shape index (κ3) is 37.3. The van der Waals surface area contributed by atoms with E-state index in [9.17, 15) is 23.3 Å². The van der Waals surface area contributed by atoms with Crippen LogP contribution in [0.3, 0.4) is 0 Å². The van der Waals surface area contributed by atoms with Crippen molar-refractivity contribution in [2.75, 3.05) is 0 Å². The third-order valence-corrected chi connectivity index (χ3v) is 17.0. The molecule has 106 heavy (non-hydrogen) atoms. The van der Waals surface area contributed by atoms with Gasteiger partial charge in [0.05, 0.1) is 10.5 Å². The normalized spacial score (nSPS) is 10.2. The van der Waals surface area contributed by atoms with E-state index in [2.05, 4.69) is 328 Å². The maximum Gasteiger partial charge on any atom is 0.416 e. The number of rotatable bonds is 4. The van der Waals surface area contributed by atoms with Gasteiger partial charge in [-0.3, -0.25) is 10.1 Å². The zero-order valence-electron chi connectivity index (χ0n) is 66.2. The molecule has 0 N–H and O–H groups in total. The summed E-state index contributed by atoms with van der Waals surface area (Å²) in [5.74, 6) is 0.653. The van der Waals surface area contributed by atoms with Crippen LogP contribution in [0.2, 0.25) is 5.02 Å². The number of halogens is 4. The number of allylic oxidation sites excluding steroid dienone is 1. The summed E-state index contributed by atoms with van der Waals surface area (Å²) >= 11 is 5.71. The number of hydrogen-bond acceptors (Lipinski definition) is 2. The minimum absolute atomic E-state index is 0.183. The quantitative estimate of drug-likeness (QED) is 0.130. The summed E-state index contributed by atoms with van der Waals surface area (Å²) in [6.07, 6.45) is 1.04. The minimum Gasteiger partial charge on any atom is -0.258 e. The van der Waals surface area contributed by atoms with Crippen LogP contribution >= 0.6 is 11.6 Å². The molecule has 3 nitrogen and oxygen atoms in total. The van der Waals surface area contributed by atoms with Crippen LogP contribution in [-0.4, -0.2) is 4.92 Å². The van der Waals surface area contributed by atoms with Gasteiger partial charge in [0.2, 0.25) is 0 Å². The number of nitro groups is 1. The lowest BCUT2D eigenvalue weighted by molar-refractivity contribution is -0.385. The Bertz CT molecular complexity index is 4470. The molecule has 7 heteroatoms. The fourth-order valence-electron chi connectivity index (χ4n) is 9.77. The first-order valence-corrected chi connectivity index (χ1v) is 36.6. The fourth-order valence-corrected chi connectivity index (χ4v) is 9.90. The van der Waals surface area contributed by atoms with Gasteiger partial charge in [0.1, 0.15) is 0 Å². The van der Waals surface area contributed by atoms with E-state index in [4.69, 9.17) is 11.6 Å². The van der Waals surface area contributed by atoms with Crippen molar-refractivity contribution < 1.29 is 18.1 Å². The van der Waals surface area contributed by atoms with E-state index in [-0.39, 0.29) is 21.6 Å². The highest BCUT2D eigenvalue weighted by molar-refractivity contribution is 6.31. The molecule has 0 radical (unpaired) electrons. The zero-order chi connectivity index (χ0) is 78.6. The first-order chi connectivity index (χ1) is 50.3. The molecule has 0 unspecified atom stereocenters. The van der Waals surface area contributed by atoms with Crippen LogP contribution in [0.5, 0.6) is 0 Å². The number of hydrogen-bond donors (Lipinski definition) is 0. The molecule has 0 amide bonds. The van der Waals surface area contributed by atoms with Crippen molar-refractivity contribution >= 4 is 44.9 Å². The number of nitrogens with zero attached hydrogens (tertiary/aromatic N) is 1. The maximum absolute atomic E-state index is 12.0. The molecule has 0 bridgehead atoms. The van der Waals surface area contributed by atoms with Gasteiger partial charge in [0.15, 0.2) is 0 Å². The molecule has 13 aromatic rings. The van der Waals surface area contributed by atoms with E-state index < -0.39 is 11.7 Å². The molecule has 0 aliphatic heterocycles. The Labute approximate surface area is 639 Å². The van der Waals surface area contributed by atoms with Crippen molar-refractivity contribution in [3.8, 4) is 0 Å². The van der Waals surface area contributed by atoms with Gasteiger partial charge in [0, 0.05) is 16.7 Å². The minimum atomic E-state index is -4.22. The van der Waals surface area contributed by atoms with Crippen molar-refractivity contribution in [1.29, 1.82) is 0 Å². The zero-order valence-corrected chi connectivity index (χ0v) is 66.9. The van der Waals surface area contributed by atoms with Crippen LogP contribution in [0.25, 0.3) is 27.6 Å². The Morgan fingerprint density at radius 2 is 0.774 bits per heavy atom. The van der Waals surface area contributed by atoms with Crippen molar-refractivity contribution in [2.45, 2.75) is 155 Å². The Balaban J connectivity index is 0.000000303. The van der Waals surface area contributed by atoms with E-state index in [1.54, 1.807) is 31.2 Å². The molecule has 0 saturated heterocycles. The second-order valence-electron chi connectivity index (χ2n) is 27.5. The molecule has 0 heterocycles. The number of aryl methyl sites for hydroxylation is 13. The Morgan fingerprint density at radius 1 is 0.396 bits per heavy atom. The molecule has 0 aliphatic rings. The molecule has 0 atom stereocenters.